The molecule has 1 N–H and O–H groups in total. The number of likely N-dealkylation sites (tertiary alicyclic amines) is 1. The fourth-order valence-corrected chi connectivity index (χ4v) is 2.40. The summed E-state index contributed by atoms with van der Waals surface area (Å²) < 4.78 is 0. The van der Waals surface area contributed by atoms with Crippen molar-refractivity contribution in [2.75, 3.05) is 20.1 Å². The van der Waals surface area contributed by atoms with E-state index in [0.29, 0.717) is 26.1 Å². The van der Waals surface area contributed by atoms with Crippen molar-refractivity contribution in [2.45, 2.75) is 19.4 Å². The van der Waals surface area contributed by atoms with Gasteiger partial charge in [-0.25, -0.2) is 4.79 Å². The van der Waals surface area contributed by atoms with Crippen molar-refractivity contribution in [1.29, 1.82) is 0 Å². The van der Waals surface area contributed by atoms with Gasteiger partial charge in [-0.3, -0.25) is 9.78 Å². The lowest BCUT2D eigenvalue weighted by molar-refractivity contribution is -0.143. The highest BCUT2D eigenvalue weighted by atomic mass is 16.4. The second kappa shape index (κ2) is 6.36. The number of urea groups is 1. The topological polar surface area (TPSA) is 73.7 Å². The number of carbonyl (C=O) groups is 2. The van der Waals surface area contributed by atoms with Gasteiger partial charge in [-0.1, -0.05) is 6.07 Å². The molecule has 0 radical (unpaired) electrons. The van der Waals surface area contributed by atoms with Crippen LogP contribution in [0.3, 0.4) is 0 Å². The number of rotatable bonds is 3. The Kier molecular flexibility index (Phi) is 4.55. The van der Waals surface area contributed by atoms with Gasteiger partial charge in [0.05, 0.1) is 18.2 Å². The SMILES string of the molecule is CN(Cc1ccccn1)C(=O)N1CCCC(C(=O)O)C1. The van der Waals surface area contributed by atoms with Gasteiger partial charge in [-0.05, 0) is 25.0 Å². The smallest absolute Gasteiger partial charge is 0.320 e. The van der Waals surface area contributed by atoms with Gasteiger partial charge >= 0.3 is 12.0 Å². The maximum atomic E-state index is 12.3. The maximum Gasteiger partial charge on any atom is 0.320 e. The van der Waals surface area contributed by atoms with Gasteiger partial charge in [0.25, 0.3) is 0 Å². The molecule has 1 aliphatic rings. The molecule has 2 amide bonds. The number of pyridine rings is 1. The molecule has 0 spiro atoms. The number of nitrogens with zero attached hydrogens (tertiary/aromatic N) is 3. The Hall–Kier alpha value is -2.11. The molecule has 108 valence electrons. The molecule has 1 saturated heterocycles. The predicted molar refractivity (Wildman–Crippen MR) is 73.0 cm³/mol. The first-order valence-electron chi connectivity index (χ1n) is 6.70. The van der Waals surface area contributed by atoms with Crippen molar-refractivity contribution in [1.82, 2.24) is 14.8 Å². The molecule has 2 heterocycles. The van der Waals surface area contributed by atoms with Crippen molar-refractivity contribution in [3.05, 3.63) is 30.1 Å². The minimum atomic E-state index is -0.824. The van der Waals surface area contributed by atoms with Gasteiger partial charge in [0.1, 0.15) is 0 Å². The summed E-state index contributed by atoms with van der Waals surface area (Å²) in [4.78, 5) is 30.7. The van der Waals surface area contributed by atoms with Crippen LogP contribution in [0.1, 0.15) is 18.5 Å². The van der Waals surface area contributed by atoms with Crippen LogP contribution in [0.2, 0.25) is 0 Å². The van der Waals surface area contributed by atoms with E-state index in [1.54, 1.807) is 23.0 Å². The van der Waals surface area contributed by atoms with Crippen LogP contribution >= 0.6 is 0 Å². The quantitative estimate of drug-likeness (QED) is 0.907. The Bertz CT molecular complexity index is 478. The molecule has 0 bridgehead atoms. The fraction of sp³-hybridized carbons (Fsp3) is 0.500. The van der Waals surface area contributed by atoms with Crippen LogP contribution in [0.4, 0.5) is 4.79 Å². The monoisotopic (exact) mass is 277 g/mol. The first-order chi connectivity index (χ1) is 9.58. The van der Waals surface area contributed by atoms with E-state index in [1.807, 2.05) is 18.2 Å². The van der Waals surface area contributed by atoms with Crippen LogP contribution in [0.5, 0.6) is 0 Å². The molecule has 20 heavy (non-hydrogen) atoms. The zero-order valence-corrected chi connectivity index (χ0v) is 11.5. The number of carboxylic acid groups (broad SMARTS) is 1. The fourth-order valence-electron chi connectivity index (χ4n) is 2.40. The third kappa shape index (κ3) is 3.46. The molecule has 1 atom stereocenters. The van der Waals surface area contributed by atoms with Crippen molar-refractivity contribution in [3.8, 4) is 0 Å². The molecule has 1 aromatic rings. The van der Waals surface area contributed by atoms with Gasteiger partial charge < -0.3 is 14.9 Å². The van der Waals surface area contributed by atoms with Crippen molar-refractivity contribution in [2.24, 2.45) is 5.92 Å². The number of carboxylic acids is 1. The van der Waals surface area contributed by atoms with E-state index in [4.69, 9.17) is 5.11 Å². The van der Waals surface area contributed by atoms with Crippen molar-refractivity contribution in [3.63, 3.8) is 0 Å². The predicted octanol–water partition coefficient (Wildman–Crippen LogP) is 1.43. The van der Waals surface area contributed by atoms with Crippen LogP contribution in [0, 0.1) is 5.92 Å². The zero-order chi connectivity index (χ0) is 14.5. The molecule has 1 aliphatic heterocycles. The Morgan fingerprint density at radius 3 is 2.95 bits per heavy atom. The summed E-state index contributed by atoms with van der Waals surface area (Å²) in [6, 6.07) is 5.43. The van der Waals surface area contributed by atoms with Crippen molar-refractivity contribution >= 4 is 12.0 Å². The summed E-state index contributed by atoms with van der Waals surface area (Å²) in [6.45, 7) is 1.34. The number of hydrogen-bond acceptors (Lipinski definition) is 3. The van der Waals surface area contributed by atoms with E-state index in [0.717, 1.165) is 12.1 Å². The van der Waals surface area contributed by atoms with Crippen LogP contribution in [-0.2, 0) is 11.3 Å². The minimum Gasteiger partial charge on any atom is -0.481 e. The number of aliphatic carboxylic acids is 1. The van der Waals surface area contributed by atoms with Crippen LogP contribution in [-0.4, -0.2) is 52.0 Å². The van der Waals surface area contributed by atoms with Gasteiger partial charge in [-0.15, -0.1) is 0 Å². The molecule has 1 fully saturated rings. The normalized spacial score (nSPS) is 18.6. The van der Waals surface area contributed by atoms with Gasteiger partial charge in [0, 0.05) is 26.3 Å². The second-order valence-corrected chi connectivity index (χ2v) is 5.08. The lowest BCUT2D eigenvalue weighted by Gasteiger charge is -2.33. The van der Waals surface area contributed by atoms with E-state index < -0.39 is 11.9 Å². The van der Waals surface area contributed by atoms with Crippen LogP contribution < -0.4 is 0 Å². The molecule has 1 unspecified atom stereocenters. The third-order valence-corrected chi connectivity index (χ3v) is 3.49. The Labute approximate surface area is 118 Å². The maximum absolute atomic E-state index is 12.3. The van der Waals surface area contributed by atoms with Crippen LogP contribution in [0.15, 0.2) is 24.4 Å². The molecule has 0 saturated carbocycles. The summed E-state index contributed by atoms with van der Waals surface area (Å²) in [6.07, 6.45) is 3.07. The lowest BCUT2D eigenvalue weighted by Crippen LogP contribution is -2.47. The molecular weight excluding hydrogens is 258 g/mol. The van der Waals surface area contributed by atoms with E-state index in [-0.39, 0.29) is 6.03 Å². The number of piperidine rings is 1. The molecule has 2 rings (SSSR count). The molecule has 6 heteroatoms. The number of hydrogen-bond donors (Lipinski definition) is 1. The summed E-state index contributed by atoms with van der Waals surface area (Å²) in [7, 11) is 1.71. The zero-order valence-electron chi connectivity index (χ0n) is 11.5. The molecule has 6 nitrogen and oxygen atoms in total. The number of carbonyl (C=O) groups excluding carboxylic acids is 1. The third-order valence-electron chi connectivity index (χ3n) is 3.49. The lowest BCUT2D eigenvalue weighted by atomic mass is 9.99. The summed E-state index contributed by atoms with van der Waals surface area (Å²) >= 11 is 0. The standard InChI is InChI=1S/C14H19N3O3/c1-16(10-12-6-2-3-7-15-12)14(20)17-8-4-5-11(9-17)13(18)19/h2-3,6-7,11H,4-5,8-10H2,1H3,(H,18,19). The molecule has 0 aliphatic carbocycles. The summed E-state index contributed by atoms with van der Waals surface area (Å²) in [5.41, 5.74) is 0.815. The van der Waals surface area contributed by atoms with E-state index in [9.17, 15) is 9.59 Å². The summed E-state index contributed by atoms with van der Waals surface area (Å²) in [5, 5.41) is 9.05. The number of aromatic nitrogens is 1. The Balaban J connectivity index is 1.94. The van der Waals surface area contributed by atoms with E-state index in [2.05, 4.69) is 4.98 Å². The van der Waals surface area contributed by atoms with Gasteiger partial charge in [0.15, 0.2) is 0 Å². The van der Waals surface area contributed by atoms with E-state index in [1.165, 1.54) is 0 Å². The first kappa shape index (κ1) is 14.3. The Morgan fingerprint density at radius 2 is 2.30 bits per heavy atom. The molecular formula is C14H19N3O3. The van der Waals surface area contributed by atoms with Crippen LogP contribution in [0.25, 0.3) is 0 Å². The average Bonchev–Trinajstić information content (AvgIpc) is 2.47. The Morgan fingerprint density at radius 1 is 1.50 bits per heavy atom. The average molecular weight is 277 g/mol. The second-order valence-electron chi connectivity index (χ2n) is 5.08. The molecule has 1 aromatic heterocycles. The highest BCUT2D eigenvalue weighted by Crippen LogP contribution is 2.18. The minimum absolute atomic E-state index is 0.137. The number of amides is 2. The highest BCUT2D eigenvalue weighted by Gasteiger charge is 2.29. The highest BCUT2D eigenvalue weighted by molar-refractivity contribution is 5.76. The van der Waals surface area contributed by atoms with Gasteiger partial charge in [0.2, 0.25) is 0 Å². The van der Waals surface area contributed by atoms with E-state index >= 15 is 0 Å². The van der Waals surface area contributed by atoms with Crippen molar-refractivity contribution < 1.29 is 14.7 Å². The first-order valence-corrected chi connectivity index (χ1v) is 6.70. The summed E-state index contributed by atoms with van der Waals surface area (Å²) in [5.74, 6) is -1.27. The largest absolute Gasteiger partial charge is 0.481 e. The van der Waals surface area contributed by atoms with Gasteiger partial charge in [-0.2, -0.15) is 0 Å². The molecule has 0 aromatic carbocycles.